The first-order valence-electron chi connectivity index (χ1n) is 6.03. The predicted octanol–water partition coefficient (Wildman–Crippen LogP) is 3.07. The molecule has 0 saturated heterocycles. The Bertz CT molecular complexity index is 541. The molecule has 2 aromatic rings. The van der Waals surface area contributed by atoms with E-state index in [2.05, 4.69) is 4.74 Å². The lowest BCUT2D eigenvalue weighted by Crippen LogP contribution is -2.01. The first kappa shape index (κ1) is 13.1. The highest BCUT2D eigenvalue weighted by atomic mass is 16.5. The van der Waals surface area contributed by atoms with E-state index in [9.17, 15) is 4.79 Å². The Kier molecular flexibility index (Phi) is 4.18. The number of esters is 1. The summed E-state index contributed by atoms with van der Waals surface area (Å²) in [4.78, 5) is 11.3. The fourth-order valence-corrected chi connectivity index (χ4v) is 1.86. The molecule has 0 amide bonds. The van der Waals surface area contributed by atoms with E-state index in [4.69, 9.17) is 4.74 Å². The van der Waals surface area contributed by atoms with E-state index in [-0.39, 0.29) is 5.97 Å². The molecule has 98 valence electrons. The molecule has 0 atom stereocenters. The molecule has 0 aliphatic heterocycles. The Balaban J connectivity index is 2.08. The fourth-order valence-electron chi connectivity index (χ4n) is 1.86. The van der Waals surface area contributed by atoms with Gasteiger partial charge in [0.25, 0.3) is 0 Å². The molecule has 0 spiro atoms. The molecule has 0 aliphatic rings. The molecular weight excluding hydrogens is 240 g/mol. The second-order valence-electron chi connectivity index (χ2n) is 4.21. The maximum Gasteiger partial charge on any atom is 0.337 e. The Labute approximate surface area is 112 Å². The van der Waals surface area contributed by atoms with Crippen molar-refractivity contribution in [1.82, 2.24) is 0 Å². The largest absolute Gasteiger partial charge is 0.497 e. The first-order chi connectivity index (χ1) is 9.22. The van der Waals surface area contributed by atoms with Crippen LogP contribution in [0.5, 0.6) is 5.75 Å². The smallest absolute Gasteiger partial charge is 0.337 e. The summed E-state index contributed by atoms with van der Waals surface area (Å²) in [5.41, 5.74) is 2.92. The summed E-state index contributed by atoms with van der Waals surface area (Å²) in [5, 5.41) is 0. The van der Waals surface area contributed by atoms with Gasteiger partial charge < -0.3 is 9.47 Å². The van der Waals surface area contributed by atoms with Crippen LogP contribution in [0.4, 0.5) is 0 Å². The van der Waals surface area contributed by atoms with Crippen molar-refractivity contribution in [3.63, 3.8) is 0 Å². The van der Waals surface area contributed by atoms with Crippen LogP contribution < -0.4 is 4.74 Å². The van der Waals surface area contributed by atoms with Crippen molar-refractivity contribution in [1.29, 1.82) is 0 Å². The number of benzene rings is 2. The minimum atomic E-state index is -0.309. The van der Waals surface area contributed by atoms with E-state index in [1.54, 1.807) is 19.2 Å². The van der Waals surface area contributed by atoms with Gasteiger partial charge in [-0.2, -0.15) is 0 Å². The zero-order valence-corrected chi connectivity index (χ0v) is 11.1. The summed E-state index contributed by atoms with van der Waals surface area (Å²) in [6.45, 7) is 0. The lowest BCUT2D eigenvalue weighted by Gasteiger charge is -2.05. The minimum absolute atomic E-state index is 0.309. The quantitative estimate of drug-likeness (QED) is 0.789. The van der Waals surface area contributed by atoms with Crippen molar-refractivity contribution in [2.75, 3.05) is 14.2 Å². The molecule has 2 aromatic carbocycles. The molecule has 0 heterocycles. The number of methoxy groups -OCH3 is 2. The summed E-state index contributed by atoms with van der Waals surface area (Å²) in [7, 11) is 3.04. The number of rotatable bonds is 4. The molecular formula is C16H16O3. The van der Waals surface area contributed by atoms with Crippen LogP contribution in [0.2, 0.25) is 0 Å². The predicted molar refractivity (Wildman–Crippen MR) is 73.6 cm³/mol. The molecule has 0 unspecified atom stereocenters. The van der Waals surface area contributed by atoms with Crippen LogP contribution in [-0.4, -0.2) is 20.2 Å². The van der Waals surface area contributed by atoms with E-state index < -0.39 is 0 Å². The maximum absolute atomic E-state index is 11.3. The number of carbonyl (C=O) groups excluding carboxylic acids is 1. The molecule has 0 N–H and O–H groups in total. The Morgan fingerprint density at radius 3 is 1.89 bits per heavy atom. The Hall–Kier alpha value is -2.29. The van der Waals surface area contributed by atoms with Gasteiger partial charge in [-0.15, -0.1) is 0 Å². The maximum atomic E-state index is 11.3. The lowest BCUT2D eigenvalue weighted by atomic mass is 10.0. The molecule has 0 radical (unpaired) electrons. The second kappa shape index (κ2) is 6.05. The molecule has 2 rings (SSSR count). The van der Waals surface area contributed by atoms with Crippen LogP contribution in [-0.2, 0) is 11.2 Å². The van der Waals surface area contributed by atoms with Crippen LogP contribution in [0, 0.1) is 0 Å². The zero-order valence-electron chi connectivity index (χ0n) is 11.1. The highest BCUT2D eigenvalue weighted by molar-refractivity contribution is 5.89. The average Bonchev–Trinajstić information content (AvgIpc) is 2.48. The number of hydrogen-bond acceptors (Lipinski definition) is 3. The van der Waals surface area contributed by atoms with Gasteiger partial charge in [0, 0.05) is 0 Å². The highest BCUT2D eigenvalue weighted by Crippen LogP contribution is 2.15. The molecule has 0 aliphatic carbocycles. The molecule has 0 fully saturated rings. The average molecular weight is 256 g/mol. The van der Waals surface area contributed by atoms with Crippen molar-refractivity contribution in [3.05, 3.63) is 65.2 Å². The summed E-state index contributed by atoms with van der Waals surface area (Å²) < 4.78 is 9.79. The topological polar surface area (TPSA) is 35.5 Å². The van der Waals surface area contributed by atoms with Gasteiger partial charge >= 0.3 is 5.97 Å². The SMILES string of the molecule is COC(=O)c1ccc(Cc2ccc(OC)cc2)cc1. The van der Waals surface area contributed by atoms with Crippen molar-refractivity contribution >= 4 is 5.97 Å². The van der Waals surface area contributed by atoms with Gasteiger partial charge in [0.05, 0.1) is 19.8 Å². The van der Waals surface area contributed by atoms with Gasteiger partial charge in [0.2, 0.25) is 0 Å². The molecule has 3 heteroatoms. The summed E-state index contributed by atoms with van der Waals surface area (Å²) in [6, 6.07) is 15.4. The first-order valence-corrected chi connectivity index (χ1v) is 6.03. The van der Waals surface area contributed by atoms with Crippen LogP contribution in [0.3, 0.4) is 0 Å². The fraction of sp³-hybridized carbons (Fsp3) is 0.188. The minimum Gasteiger partial charge on any atom is -0.497 e. The van der Waals surface area contributed by atoms with E-state index in [1.165, 1.54) is 12.7 Å². The third-order valence-corrected chi connectivity index (χ3v) is 2.94. The van der Waals surface area contributed by atoms with Crippen LogP contribution in [0.25, 0.3) is 0 Å². The number of carbonyl (C=O) groups is 1. The summed E-state index contributed by atoms with van der Waals surface area (Å²) in [5.74, 6) is 0.542. The van der Waals surface area contributed by atoms with E-state index in [0.717, 1.165) is 17.7 Å². The Morgan fingerprint density at radius 2 is 1.42 bits per heavy atom. The van der Waals surface area contributed by atoms with Crippen LogP contribution in [0.1, 0.15) is 21.5 Å². The third-order valence-electron chi connectivity index (χ3n) is 2.94. The van der Waals surface area contributed by atoms with Gasteiger partial charge in [-0.05, 0) is 41.8 Å². The summed E-state index contributed by atoms with van der Waals surface area (Å²) >= 11 is 0. The molecule has 0 aromatic heterocycles. The van der Waals surface area contributed by atoms with Crippen molar-refractivity contribution in [2.24, 2.45) is 0 Å². The Morgan fingerprint density at radius 1 is 0.895 bits per heavy atom. The third kappa shape index (κ3) is 3.35. The summed E-state index contributed by atoms with van der Waals surface area (Å²) in [6.07, 6.45) is 0.825. The number of hydrogen-bond donors (Lipinski definition) is 0. The van der Waals surface area contributed by atoms with Gasteiger partial charge in [-0.3, -0.25) is 0 Å². The second-order valence-corrected chi connectivity index (χ2v) is 4.21. The van der Waals surface area contributed by atoms with Gasteiger partial charge in [0.15, 0.2) is 0 Å². The molecule has 0 saturated carbocycles. The van der Waals surface area contributed by atoms with Crippen molar-refractivity contribution < 1.29 is 14.3 Å². The molecule has 3 nitrogen and oxygen atoms in total. The number of ether oxygens (including phenoxy) is 2. The van der Waals surface area contributed by atoms with Crippen molar-refractivity contribution in [3.8, 4) is 5.75 Å². The van der Waals surface area contributed by atoms with Gasteiger partial charge in [-0.1, -0.05) is 24.3 Å². The van der Waals surface area contributed by atoms with Gasteiger partial charge in [-0.25, -0.2) is 4.79 Å². The molecule has 0 bridgehead atoms. The highest BCUT2D eigenvalue weighted by Gasteiger charge is 2.04. The van der Waals surface area contributed by atoms with Crippen molar-refractivity contribution in [2.45, 2.75) is 6.42 Å². The zero-order chi connectivity index (χ0) is 13.7. The van der Waals surface area contributed by atoms with E-state index in [0.29, 0.717) is 5.56 Å². The normalized spacial score (nSPS) is 10.0. The van der Waals surface area contributed by atoms with E-state index >= 15 is 0 Å². The van der Waals surface area contributed by atoms with E-state index in [1.807, 2.05) is 36.4 Å². The van der Waals surface area contributed by atoms with Gasteiger partial charge in [0.1, 0.15) is 5.75 Å². The van der Waals surface area contributed by atoms with Crippen LogP contribution >= 0.6 is 0 Å². The lowest BCUT2D eigenvalue weighted by molar-refractivity contribution is 0.0600. The monoisotopic (exact) mass is 256 g/mol. The standard InChI is InChI=1S/C16H16O3/c1-18-15-9-5-13(6-10-15)11-12-3-7-14(8-4-12)16(17)19-2/h3-10H,11H2,1-2H3. The van der Waals surface area contributed by atoms with Crippen LogP contribution in [0.15, 0.2) is 48.5 Å². The molecule has 19 heavy (non-hydrogen) atoms.